The van der Waals surface area contributed by atoms with Gasteiger partial charge in [-0.3, -0.25) is 4.98 Å². The molecule has 3 aromatic heterocycles. The van der Waals surface area contributed by atoms with Crippen LogP contribution in [-0.4, -0.2) is 22.6 Å². The van der Waals surface area contributed by atoms with E-state index >= 15 is 0 Å². The van der Waals surface area contributed by atoms with Crippen LogP contribution in [0.4, 0.5) is 13.2 Å². The predicted octanol–water partition coefficient (Wildman–Crippen LogP) is 14.3. The molecular weight excluding hydrogens is 986 g/mol. The van der Waals surface area contributed by atoms with Gasteiger partial charge in [0.05, 0.1) is 42.1 Å². The van der Waals surface area contributed by atoms with Gasteiger partial charge in [-0.2, -0.15) is 18.4 Å². The Bertz CT molecular complexity index is 3020. The molecule has 0 aliphatic carbocycles. The average Bonchev–Trinajstić information content (AvgIpc) is 3.84. The first-order valence-electron chi connectivity index (χ1n) is 20.7. The zero-order valence-corrected chi connectivity index (χ0v) is 39.4. The maximum Gasteiger partial charge on any atom is 0.381 e. The second-order valence-electron chi connectivity index (χ2n) is 17.1. The molecule has 0 fully saturated rings. The quantitative estimate of drug-likeness (QED) is 0.118. The van der Waals surface area contributed by atoms with Crippen molar-refractivity contribution in [3.8, 4) is 45.5 Å². The van der Waals surface area contributed by atoms with Gasteiger partial charge in [-0.05, 0) is 86.9 Å². The first-order chi connectivity index (χ1) is 29.6. The molecule has 319 valence electrons. The van der Waals surface area contributed by atoms with Crippen LogP contribution in [0.25, 0.3) is 72.4 Å². The van der Waals surface area contributed by atoms with Gasteiger partial charge in [0.25, 0.3) is 0 Å². The minimum atomic E-state index is -4.33. The Morgan fingerprint density at radius 3 is 2.06 bits per heavy atom. The number of halogens is 3. The number of fused-ring (bicyclic) bond motifs is 4. The van der Waals surface area contributed by atoms with Crippen molar-refractivity contribution in [2.24, 2.45) is 0 Å². The van der Waals surface area contributed by atoms with E-state index in [1.54, 1.807) is 6.07 Å². The van der Waals surface area contributed by atoms with Crippen molar-refractivity contribution in [2.45, 2.75) is 65.3 Å². The Labute approximate surface area is 380 Å². The van der Waals surface area contributed by atoms with Gasteiger partial charge in [-0.25, -0.2) is 0 Å². The second kappa shape index (κ2) is 17.9. The smallest absolute Gasteiger partial charge is 0.381 e. The summed E-state index contributed by atoms with van der Waals surface area (Å²) in [5, 5.41) is 12.6. The fourth-order valence-electron chi connectivity index (χ4n) is 7.77. The Kier molecular flexibility index (Phi) is 12.8. The number of alkyl halides is 3. The zero-order valence-electron chi connectivity index (χ0n) is 36.0. The molecule has 0 atom stereocenters. The molecule has 0 N–H and O–H groups in total. The monoisotopic (exact) mass is 1030 g/mol. The van der Waals surface area contributed by atoms with Crippen molar-refractivity contribution >= 4 is 46.2 Å². The number of hydrogen-bond acceptors (Lipinski definition) is 4. The van der Waals surface area contributed by atoms with Gasteiger partial charge < -0.3 is 14.0 Å². The van der Waals surface area contributed by atoms with Gasteiger partial charge in [0, 0.05) is 37.4 Å². The number of hydrogen-bond donors (Lipinski definition) is 0. The van der Waals surface area contributed by atoms with E-state index in [1.165, 1.54) is 33.5 Å². The van der Waals surface area contributed by atoms with E-state index in [-0.39, 0.29) is 31.9 Å². The summed E-state index contributed by atoms with van der Waals surface area (Å²) in [4.78, 5) is 9.54. The molecular formula is C53H45F3IrN4OSi-2. The molecule has 9 aromatic rings. The minimum Gasteiger partial charge on any atom is -0.500 e. The van der Waals surface area contributed by atoms with Gasteiger partial charge in [0.1, 0.15) is 5.58 Å². The third-order valence-electron chi connectivity index (χ3n) is 11.1. The Hall–Kier alpha value is -6.11. The standard InChI is InChI=1S/C38H30N3O.C15H15F3NSi.Ir/c1-23(2)31-20-27(26-11-6-5-7-12-26)21-32(24(3)4)36(31)41-34-16-9-8-15-33(34)40-38(41)30-14-10-13-29-28-18-17-25(22-39)19-35(28)42-37(29)30;1-20(2,3)13-8-9-14(19-10-13)11-4-6-12(7-5-11)15(16,17)18;/h5-13,15-21,23-24H,1-4H3;4,6-10H,1-3H3;/q2*-1;. The van der Waals surface area contributed by atoms with E-state index in [2.05, 4.69) is 136 Å². The number of imidazole rings is 1. The second-order valence-corrected chi connectivity index (χ2v) is 22.2. The third kappa shape index (κ3) is 9.05. The fraction of sp³-hybridized carbons (Fsp3) is 0.189. The summed E-state index contributed by atoms with van der Waals surface area (Å²) in [6, 6.07) is 48.8. The predicted molar refractivity (Wildman–Crippen MR) is 247 cm³/mol. The van der Waals surface area contributed by atoms with E-state index in [4.69, 9.17) is 9.40 Å². The molecule has 5 nitrogen and oxygen atoms in total. The van der Waals surface area contributed by atoms with E-state index in [1.807, 2.05) is 48.7 Å². The molecule has 0 saturated carbocycles. The van der Waals surface area contributed by atoms with Crippen LogP contribution in [0.15, 0.2) is 138 Å². The first kappa shape index (κ1) is 44.9. The Morgan fingerprint density at radius 2 is 1.46 bits per heavy atom. The van der Waals surface area contributed by atoms with Crippen LogP contribution in [0.1, 0.15) is 61.8 Å². The van der Waals surface area contributed by atoms with Crippen molar-refractivity contribution < 1.29 is 37.7 Å². The molecule has 0 spiro atoms. The number of nitriles is 1. The van der Waals surface area contributed by atoms with Crippen LogP contribution in [0.5, 0.6) is 0 Å². The molecule has 0 amide bonds. The summed E-state index contributed by atoms with van der Waals surface area (Å²) < 4.78 is 46.2. The van der Waals surface area contributed by atoms with Crippen molar-refractivity contribution in [3.63, 3.8) is 0 Å². The van der Waals surface area contributed by atoms with Gasteiger partial charge in [-0.15, -0.1) is 48.0 Å². The van der Waals surface area contributed by atoms with Crippen molar-refractivity contribution in [2.75, 3.05) is 0 Å². The SMILES string of the molecule is CC(C)c1cc(-c2ccccc2)cc(C(C)C)c1-n1c(-c2[c-]ccc3c2oc2cc(C#N)ccc23)nc2ccccc21.C[Si](C)(C)c1ccc(-c2[c-]cc(C(F)(F)F)cc2)nc1.[Ir]. The molecule has 0 bridgehead atoms. The summed E-state index contributed by atoms with van der Waals surface area (Å²) >= 11 is 0. The summed E-state index contributed by atoms with van der Waals surface area (Å²) in [5.41, 5.74) is 11.4. The van der Waals surface area contributed by atoms with Crippen molar-refractivity contribution in [3.05, 3.63) is 168 Å². The number of aromatic nitrogens is 3. The third-order valence-corrected chi connectivity index (χ3v) is 13.2. The summed E-state index contributed by atoms with van der Waals surface area (Å²) in [6.07, 6.45) is -2.52. The molecule has 0 saturated heterocycles. The topological polar surface area (TPSA) is 67.6 Å². The van der Waals surface area contributed by atoms with Gasteiger partial charge in [-0.1, -0.05) is 119 Å². The van der Waals surface area contributed by atoms with Crippen LogP contribution >= 0.6 is 0 Å². The maximum absolute atomic E-state index is 12.5. The minimum absolute atomic E-state index is 0. The van der Waals surface area contributed by atoms with Gasteiger partial charge in [0.2, 0.25) is 0 Å². The number of rotatable bonds is 7. The molecule has 10 heteroatoms. The average molecular weight is 1030 g/mol. The molecule has 0 aliphatic rings. The Balaban J connectivity index is 0.000000239. The van der Waals surface area contributed by atoms with E-state index in [0.717, 1.165) is 56.6 Å². The first-order valence-corrected chi connectivity index (χ1v) is 24.2. The maximum atomic E-state index is 12.5. The molecule has 6 aromatic carbocycles. The zero-order chi connectivity index (χ0) is 43.9. The fourth-order valence-corrected chi connectivity index (χ4v) is 8.81. The van der Waals surface area contributed by atoms with Crippen LogP contribution in [0.3, 0.4) is 0 Å². The molecule has 63 heavy (non-hydrogen) atoms. The molecule has 1 radical (unpaired) electrons. The molecule has 9 rings (SSSR count). The van der Waals surface area contributed by atoms with Crippen molar-refractivity contribution in [1.29, 1.82) is 5.26 Å². The summed E-state index contributed by atoms with van der Waals surface area (Å²) in [7, 11) is -1.41. The van der Waals surface area contributed by atoms with E-state index in [9.17, 15) is 18.4 Å². The number of benzene rings is 6. The van der Waals surface area contributed by atoms with E-state index in [0.29, 0.717) is 22.4 Å². The normalized spacial score (nSPS) is 11.8. The van der Waals surface area contributed by atoms with Crippen LogP contribution < -0.4 is 5.19 Å². The van der Waals surface area contributed by atoms with Crippen LogP contribution in [0, 0.1) is 23.5 Å². The summed E-state index contributed by atoms with van der Waals surface area (Å²) in [6.45, 7) is 15.7. The number of nitrogens with zero attached hydrogens (tertiary/aromatic N) is 4. The van der Waals surface area contributed by atoms with Crippen LogP contribution in [0.2, 0.25) is 19.6 Å². The molecule has 0 unspecified atom stereocenters. The largest absolute Gasteiger partial charge is 0.500 e. The van der Waals surface area contributed by atoms with Gasteiger partial charge in [0.15, 0.2) is 0 Å². The van der Waals surface area contributed by atoms with Gasteiger partial charge >= 0.3 is 6.18 Å². The number of para-hydroxylation sites is 2. The molecule has 3 heterocycles. The van der Waals surface area contributed by atoms with Crippen molar-refractivity contribution in [1.82, 2.24) is 14.5 Å². The molecule has 0 aliphatic heterocycles. The number of furan rings is 1. The number of pyridine rings is 1. The summed E-state index contributed by atoms with van der Waals surface area (Å²) in [5.74, 6) is 1.33. The van der Waals surface area contributed by atoms with Crippen LogP contribution in [-0.2, 0) is 26.3 Å². The Morgan fingerprint density at radius 1 is 0.762 bits per heavy atom. The van der Waals surface area contributed by atoms with E-state index < -0.39 is 19.8 Å².